The lowest BCUT2D eigenvalue weighted by molar-refractivity contribution is 0.0924. The molecule has 1 aliphatic heterocycles. The van der Waals surface area contributed by atoms with Crippen LogP contribution < -0.4 is 15.4 Å². The average molecular weight is 433 g/mol. The second-order valence-electron chi connectivity index (χ2n) is 7.19. The number of anilines is 2. The van der Waals surface area contributed by atoms with Crippen LogP contribution in [0.15, 0.2) is 42.6 Å². The normalized spacial score (nSPS) is 15.5. The van der Waals surface area contributed by atoms with Crippen LogP contribution in [0.3, 0.4) is 0 Å². The number of amides is 1. The molecule has 162 valence electrons. The summed E-state index contributed by atoms with van der Waals surface area (Å²) >= 11 is 0. The van der Waals surface area contributed by atoms with E-state index in [9.17, 15) is 13.2 Å². The topological polar surface area (TPSA) is 101 Å². The van der Waals surface area contributed by atoms with Crippen LogP contribution in [-0.2, 0) is 10.0 Å². The van der Waals surface area contributed by atoms with E-state index >= 15 is 0 Å². The number of rotatable bonds is 8. The van der Waals surface area contributed by atoms with Crippen LogP contribution in [0.2, 0.25) is 0 Å². The maximum absolute atomic E-state index is 12.9. The van der Waals surface area contributed by atoms with Gasteiger partial charge in [-0.3, -0.25) is 4.79 Å². The zero-order valence-corrected chi connectivity index (χ0v) is 18.1. The molecule has 0 unspecified atom stereocenters. The van der Waals surface area contributed by atoms with Gasteiger partial charge in [-0.25, -0.2) is 17.7 Å². The van der Waals surface area contributed by atoms with Gasteiger partial charge in [-0.15, -0.1) is 0 Å². The third-order valence-corrected chi connectivity index (χ3v) is 7.13. The highest BCUT2D eigenvalue weighted by atomic mass is 32.2. The number of pyridine rings is 1. The van der Waals surface area contributed by atoms with E-state index in [-0.39, 0.29) is 17.7 Å². The maximum atomic E-state index is 12.9. The molecule has 1 aliphatic rings. The number of para-hydroxylation sites is 2. The van der Waals surface area contributed by atoms with E-state index < -0.39 is 10.0 Å². The predicted octanol–water partition coefficient (Wildman–Crippen LogP) is 2.77. The van der Waals surface area contributed by atoms with Crippen LogP contribution in [0.1, 0.15) is 36.5 Å². The molecule has 1 amide bonds. The molecule has 1 fully saturated rings. The molecule has 2 heterocycles. The lowest BCUT2D eigenvalue weighted by Gasteiger charge is -2.31. The highest BCUT2D eigenvalue weighted by Gasteiger charge is 2.28. The molecule has 2 N–H and O–H groups in total. The van der Waals surface area contributed by atoms with Crippen molar-refractivity contribution in [2.45, 2.75) is 32.2 Å². The Balaban J connectivity index is 1.66. The van der Waals surface area contributed by atoms with Crippen LogP contribution in [0, 0.1) is 0 Å². The fraction of sp³-hybridized carbons (Fsp3) is 0.429. The Morgan fingerprint density at radius 2 is 1.93 bits per heavy atom. The second-order valence-corrected chi connectivity index (χ2v) is 9.28. The zero-order chi connectivity index (χ0) is 21.6. The highest BCUT2D eigenvalue weighted by Crippen LogP contribution is 2.27. The summed E-state index contributed by atoms with van der Waals surface area (Å²) < 4.78 is 31.3. The third-order valence-electron chi connectivity index (χ3n) is 5.06. The highest BCUT2D eigenvalue weighted by molar-refractivity contribution is 7.89. The molecular weight excluding hydrogens is 404 g/mol. The Bertz CT molecular complexity index is 972. The molecule has 2 aromatic rings. The molecule has 1 aromatic heterocycles. The van der Waals surface area contributed by atoms with Gasteiger partial charge in [0, 0.05) is 25.3 Å². The van der Waals surface area contributed by atoms with E-state index in [4.69, 9.17) is 4.74 Å². The summed E-state index contributed by atoms with van der Waals surface area (Å²) in [5.41, 5.74) is 1.13. The van der Waals surface area contributed by atoms with Crippen LogP contribution in [0.4, 0.5) is 11.5 Å². The monoisotopic (exact) mass is 432 g/mol. The second kappa shape index (κ2) is 9.90. The number of aromatic nitrogens is 1. The van der Waals surface area contributed by atoms with Crippen molar-refractivity contribution in [3.8, 4) is 5.75 Å². The minimum Gasteiger partial charge on any atom is -0.495 e. The van der Waals surface area contributed by atoms with Gasteiger partial charge in [0.1, 0.15) is 11.6 Å². The fourth-order valence-corrected chi connectivity index (χ4v) is 5.03. The van der Waals surface area contributed by atoms with E-state index in [1.165, 1.54) is 4.31 Å². The Labute approximate surface area is 177 Å². The van der Waals surface area contributed by atoms with Crippen molar-refractivity contribution < 1.29 is 17.9 Å². The average Bonchev–Trinajstić information content (AvgIpc) is 2.75. The number of carbonyl (C=O) groups excluding carboxylic acids is 1. The summed E-state index contributed by atoms with van der Waals surface area (Å²) in [5.74, 6) is 1.01. The first-order valence-corrected chi connectivity index (χ1v) is 11.7. The summed E-state index contributed by atoms with van der Waals surface area (Å²) in [4.78, 5) is 17.2. The van der Waals surface area contributed by atoms with E-state index in [1.54, 1.807) is 25.4 Å². The molecule has 1 aromatic carbocycles. The molecule has 0 saturated carbocycles. The Morgan fingerprint density at radius 3 is 2.63 bits per heavy atom. The number of ether oxygens (including phenoxy) is 1. The molecule has 1 saturated heterocycles. The maximum Gasteiger partial charge on any atom is 0.255 e. The van der Waals surface area contributed by atoms with Gasteiger partial charge in [-0.1, -0.05) is 19.1 Å². The van der Waals surface area contributed by atoms with Crippen molar-refractivity contribution >= 4 is 27.4 Å². The predicted molar refractivity (Wildman–Crippen MR) is 117 cm³/mol. The number of piperidine rings is 1. The fourth-order valence-electron chi connectivity index (χ4n) is 3.49. The van der Waals surface area contributed by atoms with Gasteiger partial charge in [0.25, 0.3) is 5.91 Å². The van der Waals surface area contributed by atoms with Gasteiger partial charge in [-0.2, -0.15) is 0 Å². The first-order chi connectivity index (χ1) is 14.4. The number of nitrogens with zero attached hydrogens (tertiary/aromatic N) is 2. The molecular formula is C21H28N4O4S. The number of hydrogen-bond donors (Lipinski definition) is 2. The van der Waals surface area contributed by atoms with Gasteiger partial charge in [0.05, 0.1) is 24.1 Å². The number of sulfonamides is 1. The van der Waals surface area contributed by atoms with Crippen molar-refractivity contribution in [3.63, 3.8) is 0 Å². The Kier molecular flexibility index (Phi) is 7.28. The Hall–Kier alpha value is -2.65. The van der Waals surface area contributed by atoms with Gasteiger partial charge in [0.2, 0.25) is 10.0 Å². The minimum atomic E-state index is -3.20. The quantitative estimate of drug-likeness (QED) is 0.665. The SMILES string of the molecule is CCCS(=O)(=O)N1CCC(NC(=O)c2cccnc2Nc2ccccc2OC)CC1. The molecule has 0 atom stereocenters. The summed E-state index contributed by atoms with van der Waals surface area (Å²) in [7, 11) is -1.61. The lowest BCUT2D eigenvalue weighted by Crippen LogP contribution is -2.47. The summed E-state index contributed by atoms with van der Waals surface area (Å²) in [5, 5.41) is 6.19. The number of carbonyl (C=O) groups is 1. The number of hydrogen-bond acceptors (Lipinski definition) is 6. The van der Waals surface area contributed by atoms with E-state index in [0.29, 0.717) is 55.2 Å². The van der Waals surface area contributed by atoms with Crippen LogP contribution >= 0.6 is 0 Å². The first-order valence-electron chi connectivity index (χ1n) is 10.1. The Morgan fingerprint density at radius 1 is 1.20 bits per heavy atom. The van der Waals surface area contributed by atoms with Crippen molar-refractivity contribution in [2.75, 3.05) is 31.3 Å². The zero-order valence-electron chi connectivity index (χ0n) is 17.3. The van der Waals surface area contributed by atoms with Crippen molar-refractivity contribution in [2.24, 2.45) is 0 Å². The molecule has 3 rings (SSSR count). The van der Waals surface area contributed by atoms with Gasteiger partial charge < -0.3 is 15.4 Å². The van der Waals surface area contributed by atoms with E-state index in [2.05, 4.69) is 15.6 Å². The molecule has 0 radical (unpaired) electrons. The van der Waals surface area contributed by atoms with E-state index in [0.717, 1.165) is 0 Å². The number of nitrogens with one attached hydrogen (secondary N) is 2. The van der Waals surface area contributed by atoms with Crippen molar-refractivity contribution in [3.05, 3.63) is 48.2 Å². The van der Waals surface area contributed by atoms with Crippen LogP contribution in [-0.4, -0.2) is 55.6 Å². The number of benzene rings is 1. The molecule has 0 spiro atoms. The minimum absolute atomic E-state index is 0.0788. The largest absolute Gasteiger partial charge is 0.495 e. The third kappa shape index (κ3) is 5.28. The molecule has 30 heavy (non-hydrogen) atoms. The lowest BCUT2D eigenvalue weighted by atomic mass is 10.1. The number of methoxy groups -OCH3 is 1. The van der Waals surface area contributed by atoms with E-state index in [1.807, 2.05) is 31.2 Å². The summed E-state index contributed by atoms with van der Waals surface area (Å²) in [6.07, 6.45) is 3.39. The van der Waals surface area contributed by atoms with Crippen molar-refractivity contribution in [1.82, 2.24) is 14.6 Å². The molecule has 0 aliphatic carbocycles. The van der Waals surface area contributed by atoms with Gasteiger partial charge in [0.15, 0.2) is 0 Å². The smallest absolute Gasteiger partial charge is 0.255 e. The molecule has 0 bridgehead atoms. The van der Waals surface area contributed by atoms with Crippen molar-refractivity contribution in [1.29, 1.82) is 0 Å². The molecule has 8 nitrogen and oxygen atoms in total. The summed E-state index contributed by atoms with van der Waals surface area (Å²) in [6, 6.07) is 10.7. The van der Waals surface area contributed by atoms with Crippen LogP contribution in [0.25, 0.3) is 0 Å². The molecule has 9 heteroatoms. The van der Waals surface area contributed by atoms with Gasteiger partial charge >= 0.3 is 0 Å². The van der Waals surface area contributed by atoms with Gasteiger partial charge in [-0.05, 0) is 43.5 Å². The standard InChI is InChI=1S/C21H28N4O4S/c1-3-15-30(27,28)25-13-10-16(11-14-25)23-21(26)17-7-6-12-22-20(17)24-18-8-4-5-9-19(18)29-2/h4-9,12,16H,3,10-11,13-15H2,1-2H3,(H,22,24)(H,23,26). The van der Waals surface area contributed by atoms with Crippen LogP contribution in [0.5, 0.6) is 5.75 Å². The summed E-state index contributed by atoms with van der Waals surface area (Å²) in [6.45, 7) is 2.70. The first kappa shape index (κ1) is 22.0.